The van der Waals surface area contributed by atoms with E-state index in [0.29, 0.717) is 4.91 Å². The van der Waals surface area contributed by atoms with Crippen molar-refractivity contribution in [1.82, 2.24) is 9.80 Å². The molecule has 1 aromatic rings. The maximum absolute atomic E-state index is 12.4. The molecule has 3 heterocycles. The SMILES string of the molecule is O=C(CN1C(=O)SC(=Cc2ccsc2)C1=O)N1CCCCCC1. The van der Waals surface area contributed by atoms with Gasteiger partial charge >= 0.3 is 0 Å². The van der Waals surface area contributed by atoms with Crippen molar-refractivity contribution < 1.29 is 14.4 Å². The van der Waals surface area contributed by atoms with E-state index in [1.807, 2.05) is 16.8 Å². The highest BCUT2D eigenvalue weighted by Gasteiger charge is 2.37. The average molecular weight is 350 g/mol. The van der Waals surface area contributed by atoms with E-state index in [1.54, 1.807) is 11.0 Å². The van der Waals surface area contributed by atoms with Crippen molar-refractivity contribution in [2.75, 3.05) is 19.6 Å². The van der Waals surface area contributed by atoms with Gasteiger partial charge in [-0.3, -0.25) is 19.3 Å². The maximum Gasteiger partial charge on any atom is 0.294 e. The zero-order valence-corrected chi connectivity index (χ0v) is 14.3. The third-order valence-electron chi connectivity index (χ3n) is 3.97. The van der Waals surface area contributed by atoms with E-state index in [4.69, 9.17) is 0 Å². The van der Waals surface area contributed by atoms with Crippen molar-refractivity contribution in [2.45, 2.75) is 25.7 Å². The largest absolute Gasteiger partial charge is 0.341 e. The molecule has 3 amide bonds. The molecule has 1 aromatic heterocycles. The normalized spacial score (nSPS) is 21.1. The van der Waals surface area contributed by atoms with Crippen LogP contribution in [-0.4, -0.2) is 46.5 Å². The molecular weight excluding hydrogens is 332 g/mol. The zero-order chi connectivity index (χ0) is 16.2. The minimum Gasteiger partial charge on any atom is -0.341 e. The summed E-state index contributed by atoms with van der Waals surface area (Å²) in [5.74, 6) is -0.500. The lowest BCUT2D eigenvalue weighted by Gasteiger charge is -2.22. The van der Waals surface area contributed by atoms with Crippen molar-refractivity contribution in [2.24, 2.45) is 0 Å². The third-order valence-corrected chi connectivity index (χ3v) is 5.58. The van der Waals surface area contributed by atoms with E-state index in [1.165, 1.54) is 11.3 Å². The van der Waals surface area contributed by atoms with Crippen LogP contribution in [0, 0.1) is 0 Å². The second-order valence-electron chi connectivity index (χ2n) is 5.62. The third kappa shape index (κ3) is 3.84. The van der Waals surface area contributed by atoms with Gasteiger partial charge < -0.3 is 4.90 Å². The molecule has 0 saturated carbocycles. The number of nitrogens with zero attached hydrogens (tertiary/aromatic N) is 2. The molecule has 0 bridgehead atoms. The van der Waals surface area contributed by atoms with Gasteiger partial charge in [-0.25, -0.2) is 0 Å². The molecule has 2 fully saturated rings. The molecule has 5 nitrogen and oxygen atoms in total. The molecule has 0 N–H and O–H groups in total. The average Bonchev–Trinajstić information content (AvgIpc) is 3.01. The number of amides is 3. The van der Waals surface area contributed by atoms with Crippen LogP contribution >= 0.6 is 23.1 Å². The molecule has 2 aliphatic rings. The van der Waals surface area contributed by atoms with Crippen molar-refractivity contribution >= 4 is 46.2 Å². The van der Waals surface area contributed by atoms with Crippen LogP contribution in [0.4, 0.5) is 4.79 Å². The van der Waals surface area contributed by atoms with Crippen molar-refractivity contribution in [1.29, 1.82) is 0 Å². The maximum atomic E-state index is 12.4. The Kier molecular flexibility index (Phi) is 5.17. The van der Waals surface area contributed by atoms with Crippen LogP contribution in [0.15, 0.2) is 21.7 Å². The topological polar surface area (TPSA) is 57.7 Å². The molecule has 2 aliphatic heterocycles. The van der Waals surface area contributed by atoms with Crippen LogP contribution in [0.3, 0.4) is 0 Å². The number of hydrogen-bond acceptors (Lipinski definition) is 5. The summed E-state index contributed by atoms with van der Waals surface area (Å²) in [4.78, 5) is 40.0. The van der Waals surface area contributed by atoms with Gasteiger partial charge in [0.1, 0.15) is 6.54 Å². The molecule has 0 aliphatic carbocycles. The highest BCUT2D eigenvalue weighted by Crippen LogP contribution is 2.32. The van der Waals surface area contributed by atoms with Gasteiger partial charge in [-0.05, 0) is 53.1 Å². The fourth-order valence-corrected chi connectivity index (χ4v) is 4.16. The molecule has 122 valence electrons. The van der Waals surface area contributed by atoms with E-state index in [0.717, 1.165) is 61.0 Å². The summed E-state index contributed by atoms with van der Waals surface area (Å²) >= 11 is 2.44. The van der Waals surface area contributed by atoms with Crippen LogP contribution in [0.5, 0.6) is 0 Å². The molecule has 2 saturated heterocycles. The molecule has 0 unspecified atom stereocenters. The molecule has 0 aromatic carbocycles. The summed E-state index contributed by atoms with van der Waals surface area (Å²) in [6.45, 7) is 1.30. The summed E-state index contributed by atoms with van der Waals surface area (Å²) in [6.07, 6.45) is 5.96. The first kappa shape index (κ1) is 16.3. The van der Waals surface area contributed by atoms with Gasteiger partial charge in [0.15, 0.2) is 0 Å². The molecule has 0 radical (unpaired) electrons. The van der Waals surface area contributed by atoms with Gasteiger partial charge in [-0.15, -0.1) is 0 Å². The van der Waals surface area contributed by atoms with Gasteiger partial charge in [0.25, 0.3) is 11.1 Å². The monoisotopic (exact) mass is 350 g/mol. The number of carbonyl (C=O) groups excluding carboxylic acids is 3. The Morgan fingerprint density at radius 1 is 1.17 bits per heavy atom. The second kappa shape index (κ2) is 7.31. The minimum atomic E-state index is -0.366. The van der Waals surface area contributed by atoms with E-state index >= 15 is 0 Å². The van der Waals surface area contributed by atoms with Gasteiger partial charge in [-0.2, -0.15) is 11.3 Å². The lowest BCUT2D eigenvalue weighted by atomic mass is 10.2. The first-order valence-corrected chi connectivity index (χ1v) is 9.46. The number of hydrogen-bond donors (Lipinski definition) is 0. The van der Waals surface area contributed by atoms with Crippen LogP contribution < -0.4 is 0 Å². The smallest absolute Gasteiger partial charge is 0.294 e. The van der Waals surface area contributed by atoms with Gasteiger partial charge in [0.05, 0.1) is 4.91 Å². The number of carbonyl (C=O) groups is 3. The number of rotatable bonds is 3. The molecule has 7 heteroatoms. The van der Waals surface area contributed by atoms with E-state index in [9.17, 15) is 14.4 Å². The highest BCUT2D eigenvalue weighted by atomic mass is 32.2. The Hall–Kier alpha value is -1.60. The van der Waals surface area contributed by atoms with Crippen LogP contribution in [0.25, 0.3) is 6.08 Å². The fraction of sp³-hybridized carbons (Fsp3) is 0.438. The van der Waals surface area contributed by atoms with E-state index in [2.05, 4.69) is 0 Å². The van der Waals surface area contributed by atoms with Crippen LogP contribution in [0.1, 0.15) is 31.2 Å². The molecule has 0 spiro atoms. The molecule has 3 rings (SSSR count). The van der Waals surface area contributed by atoms with Crippen LogP contribution in [0.2, 0.25) is 0 Å². The summed E-state index contributed by atoms with van der Waals surface area (Å²) in [5.41, 5.74) is 0.902. The Morgan fingerprint density at radius 3 is 2.57 bits per heavy atom. The Balaban J connectivity index is 1.67. The molecular formula is C16H18N2O3S2. The lowest BCUT2D eigenvalue weighted by molar-refractivity contribution is -0.135. The minimum absolute atomic E-state index is 0.133. The predicted molar refractivity (Wildman–Crippen MR) is 92.0 cm³/mol. The number of likely N-dealkylation sites (tertiary alicyclic amines) is 1. The number of thiophene rings is 1. The summed E-state index contributed by atoms with van der Waals surface area (Å²) in [7, 11) is 0. The Morgan fingerprint density at radius 2 is 1.91 bits per heavy atom. The number of imide groups is 1. The first-order chi connectivity index (χ1) is 11.1. The standard InChI is InChI=1S/C16H18N2O3S2/c19-14(17-6-3-1-2-4-7-17)10-18-15(20)13(23-16(18)21)9-12-5-8-22-11-12/h5,8-9,11H,1-4,6-7,10H2. The van der Waals surface area contributed by atoms with Gasteiger partial charge in [0.2, 0.25) is 5.91 Å². The first-order valence-electron chi connectivity index (χ1n) is 7.70. The summed E-state index contributed by atoms with van der Waals surface area (Å²) in [6, 6.07) is 1.89. The van der Waals surface area contributed by atoms with Gasteiger partial charge in [-0.1, -0.05) is 12.8 Å². The predicted octanol–water partition coefficient (Wildman–Crippen LogP) is 3.19. The molecule has 23 heavy (non-hydrogen) atoms. The second-order valence-corrected chi connectivity index (χ2v) is 7.39. The summed E-state index contributed by atoms with van der Waals surface area (Å²) in [5, 5.41) is 3.47. The quantitative estimate of drug-likeness (QED) is 0.786. The molecule has 0 atom stereocenters. The van der Waals surface area contributed by atoms with Crippen molar-refractivity contribution in [3.8, 4) is 0 Å². The Labute approximate surface area is 143 Å². The van der Waals surface area contributed by atoms with Crippen LogP contribution in [-0.2, 0) is 9.59 Å². The zero-order valence-electron chi connectivity index (χ0n) is 12.7. The van der Waals surface area contributed by atoms with Crippen molar-refractivity contribution in [3.63, 3.8) is 0 Å². The van der Waals surface area contributed by atoms with Crippen molar-refractivity contribution in [3.05, 3.63) is 27.3 Å². The van der Waals surface area contributed by atoms with E-state index < -0.39 is 0 Å². The summed E-state index contributed by atoms with van der Waals surface area (Å²) < 4.78 is 0. The fourth-order valence-electron chi connectivity index (χ4n) is 2.70. The van der Waals surface area contributed by atoms with Gasteiger partial charge in [0, 0.05) is 13.1 Å². The number of thioether (sulfide) groups is 1. The Bertz CT molecular complexity index is 632. The lowest BCUT2D eigenvalue weighted by Crippen LogP contribution is -2.42. The highest BCUT2D eigenvalue weighted by molar-refractivity contribution is 8.18. The van der Waals surface area contributed by atoms with E-state index in [-0.39, 0.29) is 23.6 Å².